The average Bonchev–Trinajstić information content (AvgIpc) is 1.86. The highest BCUT2D eigenvalue weighted by Crippen LogP contribution is 2.55. The van der Waals surface area contributed by atoms with Gasteiger partial charge in [-0.05, 0) is 24.3 Å². The van der Waals surface area contributed by atoms with Gasteiger partial charge < -0.3 is 0 Å². The van der Waals surface area contributed by atoms with Crippen LogP contribution in [0.5, 0.6) is 0 Å². The lowest BCUT2D eigenvalue weighted by atomic mass is 10.4. The maximum Gasteiger partial charge on any atom is 0.0823 e. The summed E-state index contributed by atoms with van der Waals surface area (Å²) in [6.07, 6.45) is 0.968. The molecule has 0 nitrogen and oxygen atoms in total. The van der Waals surface area contributed by atoms with Crippen LogP contribution in [-0.4, -0.2) is 6.26 Å². The summed E-state index contributed by atoms with van der Waals surface area (Å²) in [5.41, 5.74) is 0. The second kappa shape index (κ2) is 3.11. The minimum absolute atomic E-state index is 0.126. The van der Waals surface area contributed by atoms with E-state index >= 15 is 0 Å². The Balaban J connectivity index is 2.99. The number of benzene rings is 1. The van der Waals surface area contributed by atoms with Crippen molar-refractivity contribution in [2.24, 2.45) is 0 Å². The van der Waals surface area contributed by atoms with Crippen LogP contribution in [0, 0.1) is 0 Å². The standard InChI is InChI=1S/C7H7BrF2S/c1-11(9,10)7-4-2-6(8)3-5-7/h2-5H,1H3. The van der Waals surface area contributed by atoms with Gasteiger partial charge in [-0.1, -0.05) is 15.9 Å². The molecule has 0 N–H and O–H groups in total. The van der Waals surface area contributed by atoms with Crippen LogP contribution < -0.4 is 0 Å². The van der Waals surface area contributed by atoms with Crippen molar-refractivity contribution in [1.29, 1.82) is 0 Å². The van der Waals surface area contributed by atoms with E-state index in [1.54, 1.807) is 12.1 Å². The molecule has 0 amide bonds. The third-order valence-corrected chi connectivity index (χ3v) is 2.86. The molecular weight excluding hydrogens is 234 g/mol. The molecule has 0 saturated carbocycles. The number of halogens is 3. The fourth-order valence-corrected chi connectivity index (χ4v) is 1.55. The Bertz CT molecular complexity index is 240. The van der Waals surface area contributed by atoms with Gasteiger partial charge in [0.2, 0.25) is 0 Å². The summed E-state index contributed by atoms with van der Waals surface area (Å²) in [6, 6.07) is 6.14. The van der Waals surface area contributed by atoms with E-state index < -0.39 is 10.8 Å². The van der Waals surface area contributed by atoms with Gasteiger partial charge in [0.05, 0.1) is 10.8 Å². The Labute approximate surface area is 74.6 Å². The first kappa shape index (κ1) is 9.00. The monoisotopic (exact) mass is 240 g/mol. The second-order valence-corrected chi connectivity index (χ2v) is 5.02. The van der Waals surface area contributed by atoms with Gasteiger partial charge in [0.15, 0.2) is 0 Å². The molecule has 0 aliphatic heterocycles. The van der Waals surface area contributed by atoms with Gasteiger partial charge >= 0.3 is 0 Å². The zero-order valence-corrected chi connectivity index (χ0v) is 8.25. The lowest BCUT2D eigenvalue weighted by Gasteiger charge is -2.14. The van der Waals surface area contributed by atoms with Gasteiger partial charge in [0.1, 0.15) is 0 Å². The van der Waals surface area contributed by atoms with E-state index in [0.29, 0.717) is 0 Å². The Hall–Kier alpha value is -0.0900. The predicted molar refractivity (Wildman–Crippen MR) is 48.1 cm³/mol. The molecule has 0 unspecified atom stereocenters. The molecule has 0 fully saturated rings. The van der Waals surface area contributed by atoms with Crippen molar-refractivity contribution in [3.63, 3.8) is 0 Å². The normalized spacial score (nSPS) is 13.1. The molecule has 1 rings (SSSR count). The zero-order chi connectivity index (χ0) is 8.48. The van der Waals surface area contributed by atoms with E-state index in [4.69, 9.17) is 0 Å². The van der Waals surface area contributed by atoms with Crippen molar-refractivity contribution >= 4 is 26.7 Å². The summed E-state index contributed by atoms with van der Waals surface area (Å²) in [7, 11) is -3.54. The Kier molecular flexibility index (Phi) is 2.54. The first-order chi connectivity index (χ1) is 5.00. The number of hydrogen-bond donors (Lipinski definition) is 0. The maximum atomic E-state index is 12.7. The molecule has 0 aromatic heterocycles. The summed E-state index contributed by atoms with van der Waals surface area (Å²) in [5.74, 6) is 0. The van der Waals surface area contributed by atoms with Crippen LogP contribution in [0.25, 0.3) is 0 Å². The van der Waals surface area contributed by atoms with E-state index in [9.17, 15) is 7.77 Å². The lowest BCUT2D eigenvalue weighted by Crippen LogP contribution is -1.81. The third kappa shape index (κ3) is 2.45. The Morgan fingerprint density at radius 1 is 1.18 bits per heavy atom. The third-order valence-electron chi connectivity index (χ3n) is 1.23. The Morgan fingerprint density at radius 3 is 2.00 bits per heavy atom. The van der Waals surface area contributed by atoms with Gasteiger partial charge in [-0.25, -0.2) is 0 Å². The summed E-state index contributed by atoms with van der Waals surface area (Å²) in [5, 5.41) is 0. The van der Waals surface area contributed by atoms with Crippen molar-refractivity contribution in [2.75, 3.05) is 6.26 Å². The number of rotatable bonds is 1. The lowest BCUT2D eigenvalue weighted by molar-refractivity contribution is 0.752. The molecule has 0 bridgehead atoms. The molecule has 1 aromatic carbocycles. The minimum atomic E-state index is -3.54. The summed E-state index contributed by atoms with van der Waals surface area (Å²) in [6.45, 7) is 0. The van der Waals surface area contributed by atoms with E-state index in [1.807, 2.05) is 0 Å². The first-order valence-electron chi connectivity index (χ1n) is 2.93. The van der Waals surface area contributed by atoms with Crippen LogP contribution in [0.1, 0.15) is 0 Å². The van der Waals surface area contributed by atoms with Gasteiger partial charge in [-0.2, -0.15) is 7.77 Å². The maximum absolute atomic E-state index is 12.7. The second-order valence-electron chi connectivity index (χ2n) is 2.18. The van der Waals surface area contributed by atoms with Gasteiger partial charge in [0.25, 0.3) is 0 Å². The van der Waals surface area contributed by atoms with E-state index in [1.165, 1.54) is 12.1 Å². The SMILES string of the molecule is CS(F)(F)c1ccc(Br)cc1. The van der Waals surface area contributed by atoms with Crippen molar-refractivity contribution in [3.05, 3.63) is 28.7 Å². The molecule has 0 aliphatic carbocycles. The largest absolute Gasteiger partial charge is 0.153 e. The summed E-state index contributed by atoms with van der Waals surface area (Å²) in [4.78, 5) is 0.126. The van der Waals surface area contributed by atoms with Crippen molar-refractivity contribution < 1.29 is 7.77 Å². The van der Waals surface area contributed by atoms with Gasteiger partial charge in [-0.3, -0.25) is 0 Å². The van der Waals surface area contributed by atoms with E-state index in [-0.39, 0.29) is 4.90 Å². The molecule has 11 heavy (non-hydrogen) atoms. The average molecular weight is 241 g/mol. The topological polar surface area (TPSA) is 0 Å². The molecule has 0 atom stereocenters. The van der Waals surface area contributed by atoms with Crippen LogP contribution in [0.4, 0.5) is 7.77 Å². The van der Waals surface area contributed by atoms with E-state index in [2.05, 4.69) is 15.9 Å². The Morgan fingerprint density at radius 2 is 1.64 bits per heavy atom. The molecule has 0 radical (unpaired) electrons. The minimum Gasteiger partial charge on any atom is -0.153 e. The highest BCUT2D eigenvalue weighted by molar-refractivity contribution is 9.10. The van der Waals surface area contributed by atoms with Gasteiger partial charge in [0, 0.05) is 15.6 Å². The molecule has 4 heteroatoms. The highest BCUT2D eigenvalue weighted by atomic mass is 79.9. The van der Waals surface area contributed by atoms with Crippen LogP contribution in [0.3, 0.4) is 0 Å². The van der Waals surface area contributed by atoms with Crippen LogP contribution in [-0.2, 0) is 0 Å². The summed E-state index contributed by atoms with van der Waals surface area (Å²) < 4.78 is 26.1. The fourth-order valence-electron chi connectivity index (χ4n) is 0.674. The molecular formula is C7H7BrF2S. The predicted octanol–water partition coefficient (Wildman–Crippen LogP) is 4.01. The molecule has 0 aliphatic rings. The molecule has 0 heterocycles. The molecule has 62 valence electrons. The van der Waals surface area contributed by atoms with Crippen molar-refractivity contribution in [3.8, 4) is 0 Å². The zero-order valence-electron chi connectivity index (χ0n) is 5.85. The molecule has 0 saturated heterocycles. The van der Waals surface area contributed by atoms with Crippen LogP contribution in [0.2, 0.25) is 0 Å². The van der Waals surface area contributed by atoms with Gasteiger partial charge in [-0.15, -0.1) is 0 Å². The highest BCUT2D eigenvalue weighted by Gasteiger charge is 2.16. The van der Waals surface area contributed by atoms with Crippen LogP contribution in [0.15, 0.2) is 33.6 Å². The first-order valence-corrected chi connectivity index (χ1v) is 5.57. The molecule has 0 spiro atoms. The van der Waals surface area contributed by atoms with Crippen molar-refractivity contribution in [2.45, 2.75) is 4.90 Å². The summed E-state index contributed by atoms with van der Waals surface area (Å²) >= 11 is 3.18. The smallest absolute Gasteiger partial charge is 0.0823 e. The van der Waals surface area contributed by atoms with E-state index in [0.717, 1.165) is 10.7 Å². The quantitative estimate of drug-likeness (QED) is 0.696. The van der Waals surface area contributed by atoms with Crippen molar-refractivity contribution in [1.82, 2.24) is 0 Å². The number of hydrogen-bond acceptors (Lipinski definition) is 0. The van der Waals surface area contributed by atoms with Crippen LogP contribution >= 0.6 is 26.7 Å². The fraction of sp³-hybridized carbons (Fsp3) is 0.143. The molecule has 1 aromatic rings.